The quantitative estimate of drug-likeness (QED) is 0.682. The molecule has 27 heavy (non-hydrogen) atoms. The Hall–Kier alpha value is -1.85. The maximum Gasteiger partial charge on any atom is 0.258 e. The molecule has 0 radical (unpaired) electrons. The standard InChI is InChI=1S/C21H25ClN2O2S/c1-12-5-10-15-16(11-12)27-19(24-20(26)21(2,3)4)17(15)18(25)23-14-8-6-13(22)7-9-14/h6-9,12H,5,10-11H2,1-4H3,(H,23,25)(H,24,26)/t12-/m0/s1. The summed E-state index contributed by atoms with van der Waals surface area (Å²) in [6, 6.07) is 7.03. The molecule has 0 saturated carbocycles. The molecule has 0 bridgehead atoms. The van der Waals surface area contributed by atoms with E-state index in [0.29, 0.717) is 27.2 Å². The van der Waals surface area contributed by atoms with E-state index in [1.165, 1.54) is 16.2 Å². The minimum absolute atomic E-state index is 0.0883. The van der Waals surface area contributed by atoms with Crippen LogP contribution in [0.15, 0.2) is 24.3 Å². The lowest BCUT2D eigenvalue weighted by Crippen LogP contribution is -2.28. The molecule has 1 aromatic carbocycles. The van der Waals surface area contributed by atoms with Crippen LogP contribution in [-0.2, 0) is 17.6 Å². The van der Waals surface area contributed by atoms with Crippen LogP contribution < -0.4 is 10.6 Å². The summed E-state index contributed by atoms with van der Waals surface area (Å²) in [5.74, 6) is 0.317. The molecular weight excluding hydrogens is 380 g/mol. The highest BCUT2D eigenvalue weighted by molar-refractivity contribution is 7.17. The van der Waals surface area contributed by atoms with Gasteiger partial charge >= 0.3 is 0 Å². The molecule has 0 unspecified atom stereocenters. The summed E-state index contributed by atoms with van der Waals surface area (Å²) < 4.78 is 0. The molecule has 144 valence electrons. The van der Waals surface area contributed by atoms with Crippen molar-refractivity contribution in [2.75, 3.05) is 10.6 Å². The Morgan fingerprint density at radius 2 is 1.81 bits per heavy atom. The Balaban J connectivity index is 1.94. The summed E-state index contributed by atoms with van der Waals surface area (Å²) in [5, 5.41) is 7.21. The molecule has 0 spiro atoms. The minimum Gasteiger partial charge on any atom is -0.322 e. The van der Waals surface area contributed by atoms with Crippen molar-refractivity contribution in [3.05, 3.63) is 45.3 Å². The lowest BCUT2D eigenvalue weighted by atomic mass is 9.88. The van der Waals surface area contributed by atoms with Gasteiger partial charge in [0.1, 0.15) is 5.00 Å². The molecule has 3 rings (SSSR count). The number of fused-ring (bicyclic) bond motifs is 1. The van der Waals surface area contributed by atoms with Crippen molar-refractivity contribution < 1.29 is 9.59 Å². The average molecular weight is 405 g/mol. The molecule has 0 fully saturated rings. The first kappa shape index (κ1) is 19.9. The van der Waals surface area contributed by atoms with E-state index in [-0.39, 0.29) is 11.8 Å². The van der Waals surface area contributed by atoms with Gasteiger partial charge in [0.25, 0.3) is 5.91 Å². The SMILES string of the molecule is C[C@H]1CCc2c(sc(NC(=O)C(C)(C)C)c2C(=O)Nc2ccc(Cl)cc2)C1. The van der Waals surface area contributed by atoms with Gasteiger partial charge in [-0.25, -0.2) is 0 Å². The third-order valence-electron chi connectivity index (χ3n) is 4.75. The summed E-state index contributed by atoms with van der Waals surface area (Å²) in [6.45, 7) is 7.83. The van der Waals surface area contributed by atoms with E-state index in [2.05, 4.69) is 17.6 Å². The zero-order valence-corrected chi connectivity index (χ0v) is 17.7. The fourth-order valence-electron chi connectivity index (χ4n) is 3.10. The Kier molecular flexibility index (Phi) is 5.63. The minimum atomic E-state index is -0.526. The zero-order chi connectivity index (χ0) is 19.8. The number of amides is 2. The van der Waals surface area contributed by atoms with Crippen LogP contribution in [0.2, 0.25) is 5.02 Å². The van der Waals surface area contributed by atoms with Crippen molar-refractivity contribution in [3.8, 4) is 0 Å². The summed E-state index contributed by atoms with van der Waals surface area (Å²) >= 11 is 7.46. The monoisotopic (exact) mass is 404 g/mol. The molecule has 6 heteroatoms. The van der Waals surface area contributed by atoms with Crippen molar-refractivity contribution in [2.24, 2.45) is 11.3 Å². The predicted octanol–water partition coefficient (Wildman–Crippen LogP) is 5.76. The Bertz CT molecular complexity index is 866. The number of nitrogens with one attached hydrogen (secondary N) is 2. The molecule has 1 aromatic heterocycles. The molecule has 0 saturated heterocycles. The molecule has 2 amide bonds. The van der Waals surface area contributed by atoms with Gasteiger partial charge in [-0.3, -0.25) is 9.59 Å². The number of halogens is 1. The van der Waals surface area contributed by atoms with Crippen molar-refractivity contribution in [3.63, 3.8) is 0 Å². The van der Waals surface area contributed by atoms with Gasteiger partial charge in [-0.15, -0.1) is 11.3 Å². The third-order valence-corrected chi connectivity index (χ3v) is 6.17. The van der Waals surface area contributed by atoms with Crippen LogP contribution in [0, 0.1) is 11.3 Å². The maximum absolute atomic E-state index is 13.1. The highest BCUT2D eigenvalue weighted by Crippen LogP contribution is 2.40. The number of benzene rings is 1. The van der Waals surface area contributed by atoms with Gasteiger partial charge in [0.05, 0.1) is 5.56 Å². The molecule has 1 aliphatic carbocycles. The highest BCUT2D eigenvalue weighted by atomic mass is 35.5. The van der Waals surface area contributed by atoms with Gasteiger partial charge in [0.2, 0.25) is 5.91 Å². The van der Waals surface area contributed by atoms with Crippen LogP contribution in [-0.4, -0.2) is 11.8 Å². The van der Waals surface area contributed by atoms with E-state index < -0.39 is 5.41 Å². The summed E-state index contributed by atoms with van der Waals surface area (Å²) in [6.07, 6.45) is 2.87. The van der Waals surface area contributed by atoms with E-state index in [9.17, 15) is 9.59 Å². The molecule has 0 aliphatic heterocycles. The largest absolute Gasteiger partial charge is 0.322 e. The van der Waals surface area contributed by atoms with Gasteiger partial charge in [-0.1, -0.05) is 39.3 Å². The van der Waals surface area contributed by atoms with Crippen molar-refractivity contribution >= 4 is 45.4 Å². The van der Waals surface area contributed by atoms with Crippen molar-refractivity contribution in [2.45, 2.75) is 47.0 Å². The summed E-state index contributed by atoms with van der Waals surface area (Å²) in [5.41, 5.74) is 1.84. The second-order valence-electron chi connectivity index (χ2n) is 8.22. The Morgan fingerprint density at radius 1 is 1.15 bits per heavy atom. The second-order valence-corrected chi connectivity index (χ2v) is 9.76. The van der Waals surface area contributed by atoms with E-state index in [1.807, 2.05) is 20.8 Å². The Labute approximate surface area is 169 Å². The fourth-order valence-corrected chi connectivity index (χ4v) is 4.63. The van der Waals surface area contributed by atoms with E-state index in [1.54, 1.807) is 24.3 Å². The first-order chi connectivity index (χ1) is 12.6. The molecular formula is C21H25ClN2O2S. The number of carbonyl (C=O) groups excluding carboxylic acids is 2. The zero-order valence-electron chi connectivity index (χ0n) is 16.1. The van der Waals surface area contributed by atoms with Gasteiger partial charge in [0.15, 0.2) is 0 Å². The first-order valence-corrected chi connectivity index (χ1v) is 10.4. The Morgan fingerprint density at radius 3 is 2.44 bits per heavy atom. The van der Waals surface area contributed by atoms with Crippen LogP contribution in [0.25, 0.3) is 0 Å². The van der Waals surface area contributed by atoms with Gasteiger partial charge < -0.3 is 10.6 Å². The summed E-state index contributed by atoms with van der Waals surface area (Å²) in [7, 11) is 0. The third kappa shape index (κ3) is 4.53. The lowest BCUT2D eigenvalue weighted by Gasteiger charge is -2.19. The van der Waals surface area contributed by atoms with Crippen molar-refractivity contribution in [1.29, 1.82) is 0 Å². The lowest BCUT2D eigenvalue weighted by molar-refractivity contribution is -0.123. The number of hydrogen-bond donors (Lipinski definition) is 2. The second kappa shape index (κ2) is 7.64. The molecule has 1 aliphatic rings. The van der Waals surface area contributed by atoms with Crippen LogP contribution >= 0.6 is 22.9 Å². The molecule has 4 nitrogen and oxygen atoms in total. The fraction of sp³-hybridized carbons (Fsp3) is 0.429. The van der Waals surface area contributed by atoms with Crippen LogP contribution in [0.1, 0.15) is 54.9 Å². The maximum atomic E-state index is 13.1. The number of hydrogen-bond acceptors (Lipinski definition) is 3. The molecule has 1 atom stereocenters. The number of rotatable bonds is 3. The topological polar surface area (TPSA) is 58.2 Å². The molecule has 2 aromatic rings. The van der Waals surface area contributed by atoms with Gasteiger partial charge in [-0.2, -0.15) is 0 Å². The average Bonchev–Trinajstić information content (AvgIpc) is 2.93. The molecule has 1 heterocycles. The van der Waals surface area contributed by atoms with Crippen LogP contribution in [0.3, 0.4) is 0 Å². The number of carbonyl (C=O) groups is 2. The van der Waals surface area contributed by atoms with Gasteiger partial charge in [-0.05, 0) is 55.0 Å². The van der Waals surface area contributed by atoms with Gasteiger partial charge in [0, 0.05) is 21.0 Å². The van der Waals surface area contributed by atoms with Crippen LogP contribution in [0.4, 0.5) is 10.7 Å². The van der Waals surface area contributed by atoms with E-state index >= 15 is 0 Å². The predicted molar refractivity (Wildman–Crippen MR) is 113 cm³/mol. The smallest absolute Gasteiger partial charge is 0.258 e. The van der Waals surface area contributed by atoms with E-state index in [4.69, 9.17) is 11.6 Å². The summed E-state index contributed by atoms with van der Waals surface area (Å²) in [4.78, 5) is 26.8. The number of anilines is 2. The highest BCUT2D eigenvalue weighted by Gasteiger charge is 2.30. The molecule has 2 N–H and O–H groups in total. The van der Waals surface area contributed by atoms with Crippen LogP contribution in [0.5, 0.6) is 0 Å². The van der Waals surface area contributed by atoms with Crippen molar-refractivity contribution in [1.82, 2.24) is 0 Å². The first-order valence-electron chi connectivity index (χ1n) is 9.18. The van der Waals surface area contributed by atoms with E-state index in [0.717, 1.165) is 24.8 Å². The normalized spacial score (nSPS) is 16.6. The number of thiophene rings is 1.